The van der Waals surface area contributed by atoms with Crippen molar-refractivity contribution in [2.45, 2.75) is 102 Å². The molecule has 0 spiro atoms. The highest BCUT2D eigenvalue weighted by molar-refractivity contribution is 6.12. The van der Waals surface area contributed by atoms with Gasteiger partial charge in [0.2, 0.25) is 0 Å². The summed E-state index contributed by atoms with van der Waals surface area (Å²) in [5.41, 5.74) is 10.9. The van der Waals surface area contributed by atoms with Crippen molar-refractivity contribution in [3.63, 3.8) is 0 Å². The number of imide groups is 4. The van der Waals surface area contributed by atoms with Gasteiger partial charge >= 0.3 is 24.1 Å². The van der Waals surface area contributed by atoms with Crippen LogP contribution in [0.15, 0.2) is 225 Å². The van der Waals surface area contributed by atoms with Crippen LogP contribution in [0.5, 0.6) is 28.7 Å². The molecule has 13 aromatic rings. The lowest BCUT2D eigenvalue weighted by molar-refractivity contribution is -0.125. The van der Waals surface area contributed by atoms with Crippen molar-refractivity contribution in [1.29, 1.82) is 0 Å². The van der Waals surface area contributed by atoms with E-state index in [2.05, 4.69) is 119 Å². The quantitative estimate of drug-likeness (QED) is 0.0195. The summed E-state index contributed by atoms with van der Waals surface area (Å²) >= 11 is 0. The number of amides is 16. The summed E-state index contributed by atoms with van der Waals surface area (Å²) in [4.78, 5) is 161. The van der Waals surface area contributed by atoms with E-state index in [0.717, 1.165) is 89.4 Å². The molecule has 11 heterocycles. The molecule has 8 aliphatic rings. The summed E-state index contributed by atoms with van der Waals surface area (Å²) in [7, 11) is 6.79. The number of benzene rings is 10. The van der Waals surface area contributed by atoms with Crippen LogP contribution in [0.25, 0.3) is 55.2 Å². The average molecular weight is 1950 g/mol. The molecule has 0 aliphatic carbocycles. The highest BCUT2D eigenvalue weighted by Crippen LogP contribution is 2.42. The number of urea groups is 4. The van der Waals surface area contributed by atoms with Crippen molar-refractivity contribution in [3.05, 3.63) is 297 Å². The maximum Gasteiger partial charge on any atom is 0.322 e. The normalized spacial score (nSPS) is 18.5. The predicted molar refractivity (Wildman–Crippen MR) is 534 cm³/mol. The van der Waals surface area contributed by atoms with Crippen LogP contribution in [0.4, 0.5) is 19.2 Å². The highest BCUT2D eigenvalue weighted by atomic mass is 16.5. The molecule has 0 radical (unpaired) electrons. The lowest BCUT2D eigenvalue weighted by Crippen LogP contribution is -2.52. The molecule has 3 aromatic heterocycles. The summed E-state index contributed by atoms with van der Waals surface area (Å²) < 4.78 is 32.9. The molecule has 0 bridgehead atoms. The molecule has 8 N–H and O–H groups in total. The van der Waals surface area contributed by atoms with Gasteiger partial charge in [0.15, 0.2) is 22.2 Å². The summed E-state index contributed by atoms with van der Waals surface area (Å²) in [6, 6.07) is 59.2. The standard InChI is InChI=1S/2C30H25N5O4.C28H27N5O4.C22H23N3O5/c1-3-4-13-39-24-11-7-21-17-35(27(36)25(21)15-24)18-30(28(37)31-29(38)32-30)23-9-5-19(6-10-23)20-8-12-26-22(14-20)16-34(2)33-26;1-3-4-13-39-24-11-7-21-17-35(27(36)25(21)15-24)18-30(28(37)32-29(38)33-30)23-9-5-19(6-10-23)20-8-12-26-22(14-20)16-31-34(26)2;1-4-5-12-37-23-11-8-20-15-32(25(34)24(20)13-23)17-28(26(35)30-27(36)31-28)22-9-6-19(7-10-22)21-14-29-33(16-21)18(2)3;1-4-13-5-6-14-11-25(19(26)18(14)7-13)12-22(20(27)23-21(28)24-22)15-8-16(29-2)10-17(9-15)30-3/h5-12,14-16H,13,17-18H2,1-2H3,(H2,31,32,37,38);5-12,14-16H,13,17-18H2,1-2H3,(H2,32,33,37,38);6-11,13-14,16,18H,12,15,17H2,1-3H3,(H2,30,31,35,36);5-10H,4,11-12H2,1-3H3,(H2,23,24,27,28)/t2*30-;28-;/m000./s1. The van der Waals surface area contributed by atoms with Crippen molar-refractivity contribution in [1.82, 2.24) is 91.5 Å². The first-order chi connectivity index (χ1) is 69.9. The van der Waals surface area contributed by atoms with E-state index in [9.17, 15) is 57.5 Å². The van der Waals surface area contributed by atoms with Crippen LogP contribution in [0.3, 0.4) is 0 Å². The Kier molecular flexibility index (Phi) is 26.8. The zero-order chi connectivity index (χ0) is 102. The third kappa shape index (κ3) is 19.2. The van der Waals surface area contributed by atoms with Gasteiger partial charge in [0.1, 0.15) is 48.6 Å². The number of rotatable bonds is 25. The van der Waals surface area contributed by atoms with Crippen LogP contribution in [0, 0.1) is 35.5 Å². The monoisotopic (exact) mass is 1940 g/mol. The number of ether oxygens (including phenoxy) is 5. The van der Waals surface area contributed by atoms with E-state index in [1.54, 1.807) is 106 Å². The number of nitrogens with one attached hydrogen (secondary N) is 8. The maximum atomic E-state index is 13.4. The van der Waals surface area contributed by atoms with E-state index in [4.69, 9.17) is 23.7 Å². The number of hydrogen-bond acceptors (Lipinski definition) is 20. The maximum absolute atomic E-state index is 13.4. The molecular weight excluding hydrogens is 1850 g/mol. The fourth-order valence-electron chi connectivity index (χ4n) is 19.1. The van der Waals surface area contributed by atoms with Crippen LogP contribution < -0.4 is 66.2 Å². The van der Waals surface area contributed by atoms with Gasteiger partial charge < -0.3 is 64.6 Å². The van der Waals surface area contributed by atoms with E-state index in [1.165, 1.54) is 14.2 Å². The Morgan fingerprint density at radius 1 is 0.366 bits per heavy atom. The lowest BCUT2D eigenvalue weighted by atomic mass is 9.88. The topological polar surface area (TPSA) is 414 Å². The van der Waals surface area contributed by atoms with E-state index in [-0.39, 0.29) is 75.7 Å². The number of aryl methyl sites for hydroxylation is 3. The van der Waals surface area contributed by atoms with Crippen molar-refractivity contribution < 1.29 is 81.2 Å². The van der Waals surface area contributed by atoms with Gasteiger partial charge in [0.25, 0.3) is 47.3 Å². The van der Waals surface area contributed by atoms with Gasteiger partial charge in [-0.2, -0.15) is 15.3 Å². The molecule has 145 heavy (non-hydrogen) atoms. The second-order valence-corrected chi connectivity index (χ2v) is 36.1. The number of fused-ring (bicyclic) bond motifs is 6. The van der Waals surface area contributed by atoms with Crippen molar-refractivity contribution in [2.24, 2.45) is 14.1 Å². The van der Waals surface area contributed by atoms with Gasteiger partial charge in [-0.3, -0.25) is 73.7 Å². The predicted octanol–water partition coefficient (Wildman–Crippen LogP) is 11.8. The minimum atomic E-state index is -1.45. The Hall–Kier alpha value is -18.3. The minimum absolute atomic E-state index is 0.0137. The Morgan fingerprint density at radius 3 is 1.08 bits per heavy atom. The molecular formula is C110H100N18O17. The van der Waals surface area contributed by atoms with Crippen LogP contribution in [0.2, 0.25) is 0 Å². The molecule has 4 atom stereocenters. The Labute approximate surface area is 833 Å². The SMILES string of the molecule is CC#CCOc1ccc2c(c1)C(=O)N(C[C@@]1(c3ccc(-c4ccc5c(cnn5C)c4)cc3)NC(=O)NC1=O)C2.CC#CCOc1ccc2c(c1)C(=O)N(C[C@@]1(c3ccc(-c4ccc5nn(C)cc5c4)cc3)NC(=O)NC1=O)C2.CC#CCOc1ccc2c(c1)C(=O)N(C[C@@]1(c3ccc(-c4cnn(C(C)C)c4)cc3)NC(=O)NC1=O)C2.CCc1ccc2c(c1)C(=O)N(CC1(c3cc(OC)cc(OC)c3)NC(=O)NC1=O)C2. The summed E-state index contributed by atoms with van der Waals surface area (Å²) in [5, 5.41) is 35.6. The summed E-state index contributed by atoms with van der Waals surface area (Å²) in [6.45, 7) is 13.3. The fourth-order valence-corrected chi connectivity index (χ4v) is 19.1. The summed E-state index contributed by atoms with van der Waals surface area (Å²) in [5.74, 6) is 16.5. The van der Waals surface area contributed by atoms with E-state index in [1.807, 2.05) is 182 Å². The van der Waals surface area contributed by atoms with Gasteiger partial charge in [0, 0.05) is 103 Å². The second-order valence-electron chi connectivity index (χ2n) is 36.1. The number of carbonyl (C=O) groups excluding carboxylic acids is 12. The van der Waals surface area contributed by atoms with Gasteiger partial charge in [-0.15, -0.1) is 17.8 Å². The van der Waals surface area contributed by atoms with Gasteiger partial charge in [-0.25, -0.2) is 19.2 Å². The first-order valence-electron chi connectivity index (χ1n) is 46.7. The molecule has 21 rings (SSSR count). The first kappa shape index (κ1) is 96.9. The van der Waals surface area contributed by atoms with Crippen LogP contribution >= 0.6 is 0 Å². The molecule has 16 amide bonds. The minimum Gasteiger partial charge on any atom is -0.497 e. The molecule has 35 heteroatoms. The van der Waals surface area contributed by atoms with Crippen molar-refractivity contribution in [3.8, 4) is 97.7 Å². The highest BCUT2D eigenvalue weighted by Gasteiger charge is 2.55. The average Bonchev–Trinajstić information content (AvgIpc) is 1.62. The van der Waals surface area contributed by atoms with Crippen molar-refractivity contribution >= 4 is 93.2 Å². The largest absolute Gasteiger partial charge is 0.497 e. The molecule has 10 aromatic carbocycles. The molecule has 0 saturated carbocycles. The molecule has 732 valence electrons. The van der Waals surface area contributed by atoms with Crippen LogP contribution in [-0.2, 0) is 88.0 Å². The number of carbonyl (C=O) groups is 12. The zero-order valence-corrected chi connectivity index (χ0v) is 80.8. The molecule has 4 fully saturated rings. The lowest BCUT2D eigenvalue weighted by Gasteiger charge is -2.31. The number of aromatic nitrogens is 6. The number of nitrogens with zero attached hydrogens (tertiary/aromatic N) is 10. The Morgan fingerprint density at radius 2 is 0.724 bits per heavy atom. The third-order valence-corrected chi connectivity index (χ3v) is 26.8. The Bertz CT molecular complexity index is 7500. The molecule has 1 unspecified atom stereocenters. The van der Waals surface area contributed by atoms with Crippen LogP contribution in [0.1, 0.15) is 139 Å². The van der Waals surface area contributed by atoms with Gasteiger partial charge in [-0.05, 0) is 198 Å². The Balaban J connectivity index is 0.000000128. The van der Waals surface area contributed by atoms with E-state index >= 15 is 0 Å². The molecule has 8 aliphatic heterocycles. The third-order valence-electron chi connectivity index (χ3n) is 26.8. The zero-order valence-electron chi connectivity index (χ0n) is 80.8. The van der Waals surface area contributed by atoms with E-state index < -0.39 is 69.9 Å². The number of methoxy groups -OCH3 is 2. The van der Waals surface area contributed by atoms with Crippen molar-refractivity contribution in [2.75, 3.05) is 60.2 Å². The first-order valence-corrected chi connectivity index (χ1v) is 46.7. The smallest absolute Gasteiger partial charge is 0.322 e. The van der Waals surface area contributed by atoms with Gasteiger partial charge in [-0.1, -0.05) is 140 Å². The number of hydrogen-bond donors (Lipinski definition) is 8. The molecule has 35 nitrogen and oxygen atoms in total. The second kappa shape index (κ2) is 40.1. The fraction of sp³-hybridized carbons (Fsp3) is 0.245. The van der Waals surface area contributed by atoms with E-state index in [0.29, 0.717) is 99.4 Å². The molecule has 4 saturated heterocycles. The summed E-state index contributed by atoms with van der Waals surface area (Å²) in [6.07, 6.45) is 8.36. The van der Waals surface area contributed by atoms with Crippen LogP contribution in [-0.4, -0.2) is 181 Å². The van der Waals surface area contributed by atoms with Gasteiger partial charge in [0.05, 0.1) is 63.8 Å².